The fourth-order valence-electron chi connectivity index (χ4n) is 5.13. The number of nitrogen functional groups attached to an aromatic ring is 1. The van der Waals surface area contributed by atoms with Crippen LogP contribution in [0, 0.1) is 5.82 Å². The van der Waals surface area contributed by atoms with Crippen LogP contribution in [-0.2, 0) is 4.74 Å². The first-order valence-corrected chi connectivity index (χ1v) is 13.7. The lowest BCUT2D eigenvalue weighted by molar-refractivity contribution is 0.00159. The molecule has 2 saturated heterocycles. The topological polar surface area (TPSA) is 93.8 Å². The number of amides is 1. The number of carbonyl (C=O) groups excluding carboxylic acids is 1. The van der Waals surface area contributed by atoms with Crippen LogP contribution in [0.4, 0.5) is 10.2 Å². The van der Waals surface area contributed by atoms with Crippen molar-refractivity contribution in [2.45, 2.75) is 39.3 Å². The van der Waals surface area contributed by atoms with Crippen molar-refractivity contribution in [1.29, 1.82) is 0 Å². The third-order valence-electron chi connectivity index (χ3n) is 7.32. The second-order valence-corrected chi connectivity index (χ2v) is 10.5. The SMILES string of the molecule is C.CC(Oc1cc(-c2ccc(C(=O)N3CCC(N4CCOCC4)CC3)cc2)nnc1N)c1c(Cl)ccc(F)c1Cl. The maximum atomic E-state index is 14.0. The van der Waals surface area contributed by atoms with Crippen molar-refractivity contribution in [3.63, 3.8) is 0 Å². The summed E-state index contributed by atoms with van der Waals surface area (Å²) in [4.78, 5) is 17.5. The van der Waals surface area contributed by atoms with E-state index < -0.39 is 11.9 Å². The van der Waals surface area contributed by atoms with E-state index in [0.717, 1.165) is 57.8 Å². The van der Waals surface area contributed by atoms with Gasteiger partial charge in [-0.2, -0.15) is 0 Å². The van der Waals surface area contributed by atoms with Crippen LogP contribution in [0.3, 0.4) is 0 Å². The number of halogens is 3. The molecule has 1 aromatic heterocycles. The van der Waals surface area contributed by atoms with Crippen molar-refractivity contribution >= 4 is 34.9 Å². The molecule has 2 aliphatic rings. The molecule has 5 rings (SSSR count). The summed E-state index contributed by atoms with van der Waals surface area (Å²) in [7, 11) is 0. The summed E-state index contributed by atoms with van der Waals surface area (Å²) in [6, 6.07) is 12.0. The third-order valence-corrected chi connectivity index (χ3v) is 8.03. The van der Waals surface area contributed by atoms with Crippen LogP contribution in [0.2, 0.25) is 10.0 Å². The summed E-state index contributed by atoms with van der Waals surface area (Å²) in [5.74, 6) is -0.245. The van der Waals surface area contributed by atoms with Gasteiger partial charge in [-0.15, -0.1) is 10.2 Å². The molecule has 0 spiro atoms. The first-order chi connectivity index (χ1) is 18.8. The molecule has 2 aromatic carbocycles. The second-order valence-electron chi connectivity index (χ2n) is 9.75. The number of nitrogens with zero attached hydrogens (tertiary/aromatic N) is 4. The zero-order valence-electron chi connectivity index (χ0n) is 21.6. The Labute approximate surface area is 244 Å². The Morgan fingerprint density at radius 1 is 1.07 bits per heavy atom. The number of nitrogens with two attached hydrogens (primary N) is 1. The van der Waals surface area contributed by atoms with E-state index in [0.29, 0.717) is 22.9 Å². The van der Waals surface area contributed by atoms with Crippen LogP contribution in [0.1, 0.15) is 49.2 Å². The number of piperidine rings is 1. The van der Waals surface area contributed by atoms with Gasteiger partial charge in [-0.3, -0.25) is 9.69 Å². The summed E-state index contributed by atoms with van der Waals surface area (Å²) >= 11 is 12.4. The normalized spacial score (nSPS) is 17.2. The first kappa shape index (κ1) is 30.0. The smallest absolute Gasteiger partial charge is 0.253 e. The van der Waals surface area contributed by atoms with Crippen molar-refractivity contribution in [3.8, 4) is 17.0 Å². The number of hydrogen-bond donors (Lipinski definition) is 1. The zero-order valence-corrected chi connectivity index (χ0v) is 23.1. The highest BCUT2D eigenvalue weighted by Crippen LogP contribution is 2.36. The molecule has 1 unspecified atom stereocenters. The van der Waals surface area contributed by atoms with E-state index in [2.05, 4.69) is 15.1 Å². The van der Waals surface area contributed by atoms with Gasteiger partial charge in [-0.05, 0) is 44.0 Å². The van der Waals surface area contributed by atoms with Gasteiger partial charge in [0.1, 0.15) is 11.9 Å². The Bertz CT molecular complexity index is 1330. The maximum Gasteiger partial charge on any atom is 0.253 e. The van der Waals surface area contributed by atoms with Crippen LogP contribution >= 0.6 is 23.2 Å². The highest BCUT2D eigenvalue weighted by atomic mass is 35.5. The number of aromatic nitrogens is 2. The molecular formula is C29H34Cl2FN5O3. The summed E-state index contributed by atoms with van der Waals surface area (Å²) < 4.78 is 25.4. The van der Waals surface area contributed by atoms with Gasteiger partial charge in [0.15, 0.2) is 11.6 Å². The van der Waals surface area contributed by atoms with E-state index in [4.69, 9.17) is 38.4 Å². The number of likely N-dealkylation sites (tertiary alicyclic amines) is 1. The molecule has 0 bridgehead atoms. The first-order valence-electron chi connectivity index (χ1n) is 13.0. The average molecular weight is 591 g/mol. The van der Waals surface area contributed by atoms with Crippen LogP contribution in [0.25, 0.3) is 11.3 Å². The Hall–Kier alpha value is -2.98. The van der Waals surface area contributed by atoms with Gasteiger partial charge < -0.3 is 20.1 Å². The van der Waals surface area contributed by atoms with Gasteiger partial charge in [0.2, 0.25) is 0 Å². The largest absolute Gasteiger partial charge is 0.482 e. The molecule has 0 aliphatic carbocycles. The number of anilines is 1. The van der Waals surface area contributed by atoms with Gasteiger partial charge in [-0.25, -0.2) is 4.39 Å². The zero-order chi connectivity index (χ0) is 27.5. The fraction of sp³-hybridized carbons (Fsp3) is 0.414. The summed E-state index contributed by atoms with van der Waals surface area (Å²) in [5, 5.41) is 8.36. The molecule has 3 aromatic rings. The molecule has 214 valence electrons. The third kappa shape index (κ3) is 6.49. The summed E-state index contributed by atoms with van der Waals surface area (Å²) in [6.45, 7) is 6.67. The van der Waals surface area contributed by atoms with Crippen molar-refractivity contribution in [2.24, 2.45) is 0 Å². The van der Waals surface area contributed by atoms with Crippen molar-refractivity contribution < 1.29 is 18.7 Å². The molecule has 2 aliphatic heterocycles. The van der Waals surface area contributed by atoms with Crippen LogP contribution in [-0.4, -0.2) is 71.3 Å². The minimum absolute atomic E-state index is 0. The molecular weight excluding hydrogens is 556 g/mol. The highest BCUT2D eigenvalue weighted by Gasteiger charge is 2.28. The van der Waals surface area contributed by atoms with Gasteiger partial charge >= 0.3 is 0 Å². The minimum Gasteiger partial charge on any atom is -0.482 e. The second kappa shape index (κ2) is 13.1. The highest BCUT2D eigenvalue weighted by molar-refractivity contribution is 6.36. The Morgan fingerprint density at radius 3 is 2.42 bits per heavy atom. The Balaban J connectivity index is 0.00000370. The molecule has 2 fully saturated rings. The predicted octanol–water partition coefficient (Wildman–Crippen LogP) is 5.88. The number of hydrogen-bond acceptors (Lipinski definition) is 7. The van der Waals surface area contributed by atoms with Gasteiger partial charge in [0, 0.05) is 60.0 Å². The molecule has 1 amide bonds. The number of benzene rings is 2. The molecule has 3 heterocycles. The lowest BCUT2D eigenvalue weighted by atomic mass is 10.0. The Kier molecular flexibility index (Phi) is 9.84. The molecule has 11 heteroatoms. The van der Waals surface area contributed by atoms with Crippen molar-refractivity contribution in [2.75, 3.05) is 45.1 Å². The number of carbonyl (C=O) groups is 1. The van der Waals surface area contributed by atoms with Crippen LogP contribution < -0.4 is 10.5 Å². The molecule has 1 atom stereocenters. The molecule has 8 nitrogen and oxygen atoms in total. The maximum absolute atomic E-state index is 14.0. The summed E-state index contributed by atoms with van der Waals surface area (Å²) in [5.41, 5.74) is 8.18. The van der Waals surface area contributed by atoms with Gasteiger partial charge in [-0.1, -0.05) is 42.8 Å². The van der Waals surface area contributed by atoms with E-state index in [1.165, 1.54) is 12.1 Å². The van der Waals surface area contributed by atoms with Crippen molar-refractivity contribution in [1.82, 2.24) is 20.0 Å². The van der Waals surface area contributed by atoms with Crippen LogP contribution in [0.15, 0.2) is 42.5 Å². The monoisotopic (exact) mass is 589 g/mol. The van der Waals surface area contributed by atoms with Gasteiger partial charge in [0.25, 0.3) is 5.91 Å². The van der Waals surface area contributed by atoms with E-state index in [1.54, 1.807) is 25.1 Å². The molecule has 0 radical (unpaired) electrons. The lowest BCUT2D eigenvalue weighted by Crippen LogP contribution is -2.50. The van der Waals surface area contributed by atoms with Crippen LogP contribution in [0.5, 0.6) is 5.75 Å². The fourth-order valence-corrected chi connectivity index (χ4v) is 5.81. The lowest BCUT2D eigenvalue weighted by Gasteiger charge is -2.40. The van der Waals surface area contributed by atoms with Gasteiger partial charge in [0.05, 0.1) is 23.9 Å². The number of ether oxygens (including phenoxy) is 2. The Morgan fingerprint density at radius 2 is 1.75 bits per heavy atom. The molecule has 40 heavy (non-hydrogen) atoms. The molecule has 2 N–H and O–H groups in total. The number of morpholine rings is 1. The predicted molar refractivity (Wildman–Crippen MR) is 155 cm³/mol. The van der Waals surface area contributed by atoms with E-state index in [1.807, 2.05) is 17.0 Å². The van der Waals surface area contributed by atoms with Crippen molar-refractivity contribution in [3.05, 3.63) is 69.5 Å². The van der Waals surface area contributed by atoms with E-state index in [9.17, 15) is 9.18 Å². The van der Waals surface area contributed by atoms with E-state index in [-0.39, 0.29) is 34.9 Å². The minimum atomic E-state index is -0.701. The quantitative estimate of drug-likeness (QED) is 0.358. The van der Waals surface area contributed by atoms with E-state index >= 15 is 0 Å². The average Bonchev–Trinajstić information content (AvgIpc) is 2.97. The standard InChI is InChI=1S/C28H30Cl2FN5O3.CH4/c1-17(25-21(29)6-7-22(31)26(25)30)39-24-16-23(33-34-27(24)32)18-2-4-19(5-3-18)28(37)36-10-8-20(9-11-36)35-12-14-38-15-13-35;/h2-7,16-17,20H,8-15H2,1H3,(H2,32,34);1H4. The number of rotatable bonds is 6. The molecule has 0 saturated carbocycles. The summed E-state index contributed by atoms with van der Waals surface area (Å²) in [6.07, 6.45) is 1.24.